The zero-order chi connectivity index (χ0) is 22.3. The van der Waals surface area contributed by atoms with Crippen molar-refractivity contribution in [2.24, 2.45) is 0 Å². The average molecular weight is 431 g/mol. The Bertz CT molecular complexity index is 1360. The summed E-state index contributed by atoms with van der Waals surface area (Å²) in [5.74, 6) is 0.566. The first-order valence-electron chi connectivity index (χ1n) is 10.5. The van der Waals surface area contributed by atoms with Gasteiger partial charge in [0, 0.05) is 22.4 Å². The molecular weight excluding hydrogens is 404 g/mol. The molecule has 0 bridgehead atoms. The Morgan fingerprint density at radius 3 is 2.35 bits per heavy atom. The molecule has 158 valence electrons. The number of aryl methyl sites for hydroxylation is 5. The molecule has 5 heteroatoms. The lowest BCUT2D eigenvalue weighted by molar-refractivity contribution is 0.0969. The fraction of sp³-hybridized carbons (Fsp3) is 0.269. The van der Waals surface area contributed by atoms with E-state index in [2.05, 4.69) is 0 Å². The van der Waals surface area contributed by atoms with Crippen LogP contribution in [-0.2, 0) is 13.0 Å². The Morgan fingerprint density at radius 2 is 1.71 bits per heavy atom. The topological polar surface area (TPSA) is 52.0 Å². The van der Waals surface area contributed by atoms with Crippen LogP contribution in [0.4, 0.5) is 0 Å². The van der Waals surface area contributed by atoms with E-state index in [9.17, 15) is 9.59 Å². The summed E-state index contributed by atoms with van der Waals surface area (Å²) in [6.07, 6.45) is 0.586. The van der Waals surface area contributed by atoms with Gasteiger partial charge in [0.2, 0.25) is 0 Å². The van der Waals surface area contributed by atoms with Crippen molar-refractivity contribution in [1.82, 2.24) is 9.55 Å². The smallest absolute Gasteiger partial charge is 0.263 e. The molecule has 0 spiro atoms. The number of ketones is 1. The fourth-order valence-corrected chi connectivity index (χ4v) is 4.94. The normalized spacial score (nSPS) is 11.3. The molecule has 0 aliphatic heterocycles. The van der Waals surface area contributed by atoms with Gasteiger partial charge in [0.15, 0.2) is 5.78 Å². The molecule has 0 aliphatic carbocycles. The number of hydrogen-bond acceptors (Lipinski definition) is 4. The summed E-state index contributed by atoms with van der Waals surface area (Å²) in [6.45, 7) is 10.0. The van der Waals surface area contributed by atoms with Crippen molar-refractivity contribution >= 4 is 27.3 Å². The summed E-state index contributed by atoms with van der Waals surface area (Å²) in [5.41, 5.74) is 5.79. The minimum absolute atomic E-state index is 0.00429. The maximum Gasteiger partial charge on any atom is 0.263 e. The van der Waals surface area contributed by atoms with Crippen LogP contribution in [0.3, 0.4) is 0 Å². The minimum Gasteiger partial charge on any atom is -0.292 e. The molecule has 4 nitrogen and oxygen atoms in total. The summed E-state index contributed by atoms with van der Waals surface area (Å²) in [5, 5.41) is 0.608. The third kappa shape index (κ3) is 3.86. The second-order valence-electron chi connectivity index (χ2n) is 8.07. The van der Waals surface area contributed by atoms with Gasteiger partial charge in [0.05, 0.1) is 11.9 Å². The lowest BCUT2D eigenvalue weighted by atomic mass is 10.0. The SMILES string of the molecule is CCc1nc2sc(C)c(-c3ccc(C)cc3)c2c(=O)n1CC(=O)c1ccc(C)c(C)c1. The fourth-order valence-electron chi connectivity index (χ4n) is 3.89. The Balaban J connectivity index is 1.87. The van der Waals surface area contributed by atoms with Crippen molar-refractivity contribution in [3.63, 3.8) is 0 Å². The van der Waals surface area contributed by atoms with Gasteiger partial charge in [-0.2, -0.15) is 0 Å². The number of Topliss-reactive ketones (excluding diaryl/α,β-unsaturated/α-hetero) is 1. The van der Waals surface area contributed by atoms with Crippen LogP contribution in [-0.4, -0.2) is 15.3 Å². The van der Waals surface area contributed by atoms with Crippen molar-refractivity contribution in [1.29, 1.82) is 0 Å². The lowest BCUT2D eigenvalue weighted by Gasteiger charge is -2.12. The molecular formula is C26H26N2O2S. The molecule has 0 N–H and O–H groups in total. The number of benzene rings is 2. The molecule has 31 heavy (non-hydrogen) atoms. The van der Waals surface area contributed by atoms with E-state index in [1.54, 1.807) is 4.57 Å². The monoisotopic (exact) mass is 430 g/mol. The van der Waals surface area contributed by atoms with Crippen LogP contribution < -0.4 is 5.56 Å². The van der Waals surface area contributed by atoms with Crippen LogP contribution in [0, 0.1) is 27.7 Å². The van der Waals surface area contributed by atoms with Crippen LogP contribution >= 0.6 is 11.3 Å². The van der Waals surface area contributed by atoms with Gasteiger partial charge in [0.25, 0.3) is 5.56 Å². The van der Waals surface area contributed by atoms with Gasteiger partial charge in [-0.15, -0.1) is 11.3 Å². The van der Waals surface area contributed by atoms with Gasteiger partial charge in [-0.25, -0.2) is 4.98 Å². The molecule has 0 saturated heterocycles. The van der Waals surface area contributed by atoms with Crippen molar-refractivity contribution in [2.45, 2.75) is 47.6 Å². The van der Waals surface area contributed by atoms with Crippen LogP contribution in [0.1, 0.15) is 44.7 Å². The molecule has 4 rings (SSSR count). The molecule has 0 saturated carbocycles. The Hall–Kier alpha value is -3.05. The Kier molecular flexibility index (Phi) is 5.63. The molecule has 0 amide bonds. The highest BCUT2D eigenvalue weighted by Crippen LogP contribution is 2.36. The molecule has 4 aromatic rings. The van der Waals surface area contributed by atoms with E-state index >= 15 is 0 Å². The van der Waals surface area contributed by atoms with Gasteiger partial charge < -0.3 is 0 Å². The standard InChI is InChI=1S/C26H26N2O2S/c1-6-22-27-25-24(23(18(5)31-25)19-10-7-15(2)8-11-19)26(30)28(22)14-21(29)20-12-9-16(3)17(4)13-20/h7-13H,6,14H2,1-5H3. The zero-order valence-electron chi connectivity index (χ0n) is 18.6. The third-order valence-electron chi connectivity index (χ3n) is 5.85. The first kappa shape index (κ1) is 21.2. The van der Waals surface area contributed by atoms with Crippen LogP contribution in [0.25, 0.3) is 21.3 Å². The second-order valence-corrected chi connectivity index (χ2v) is 9.28. The molecule has 2 heterocycles. The lowest BCUT2D eigenvalue weighted by Crippen LogP contribution is -2.28. The summed E-state index contributed by atoms with van der Waals surface area (Å²) in [4.78, 5) is 33.3. The molecule has 2 aromatic heterocycles. The number of fused-ring (bicyclic) bond motifs is 1. The van der Waals surface area contributed by atoms with Crippen molar-refractivity contribution < 1.29 is 4.79 Å². The number of nitrogens with zero attached hydrogens (tertiary/aromatic N) is 2. The molecule has 0 unspecified atom stereocenters. The zero-order valence-corrected chi connectivity index (χ0v) is 19.4. The number of rotatable bonds is 5. The van der Waals surface area contributed by atoms with Gasteiger partial charge in [0.1, 0.15) is 10.7 Å². The predicted molar refractivity (Wildman–Crippen MR) is 128 cm³/mol. The molecule has 0 radical (unpaired) electrons. The summed E-state index contributed by atoms with van der Waals surface area (Å²) >= 11 is 1.54. The van der Waals surface area contributed by atoms with Crippen molar-refractivity contribution in [3.8, 4) is 11.1 Å². The first-order valence-corrected chi connectivity index (χ1v) is 11.3. The van der Waals surface area contributed by atoms with E-state index < -0.39 is 0 Å². The Labute approximate surface area is 186 Å². The van der Waals surface area contributed by atoms with Gasteiger partial charge in [-0.3, -0.25) is 14.2 Å². The second kappa shape index (κ2) is 8.23. The van der Waals surface area contributed by atoms with Crippen LogP contribution in [0.5, 0.6) is 0 Å². The number of carbonyl (C=O) groups is 1. The van der Waals surface area contributed by atoms with Gasteiger partial charge >= 0.3 is 0 Å². The van der Waals surface area contributed by atoms with Crippen LogP contribution in [0.2, 0.25) is 0 Å². The number of aromatic nitrogens is 2. The molecule has 0 aliphatic rings. The maximum atomic E-state index is 13.6. The van der Waals surface area contributed by atoms with Gasteiger partial charge in [-0.1, -0.05) is 48.9 Å². The average Bonchev–Trinajstić information content (AvgIpc) is 3.08. The van der Waals surface area contributed by atoms with E-state index in [1.807, 2.05) is 77.1 Å². The van der Waals surface area contributed by atoms with E-state index in [0.29, 0.717) is 23.2 Å². The number of thiophene rings is 1. The Morgan fingerprint density at radius 1 is 1.00 bits per heavy atom. The molecule has 0 atom stereocenters. The number of carbonyl (C=O) groups excluding carboxylic acids is 1. The van der Waals surface area contributed by atoms with Crippen molar-refractivity contribution in [2.75, 3.05) is 0 Å². The van der Waals surface area contributed by atoms with Crippen LogP contribution in [0.15, 0.2) is 47.3 Å². The van der Waals surface area contributed by atoms with Crippen molar-refractivity contribution in [3.05, 3.63) is 85.8 Å². The summed E-state index contributed by atoms with van der Waals surface area (Å²) < 4.78 is 1.56. The highest BCUT2D eigenvalue weighted by atomic mass is 32.1. The predicted octanol–water partition coefficient (Wildman–Crippen LogP) is 5.80. The third-order valence-corrected chi connectivity index (χ3v) is 6.85. The maximum absolute atomic E-state index is 13.6. The largest absolute Gasteiger partial charge is 0.292 e. The first-order chi connectivity index (χ1) is 14.8. The molecule has 0 fully saturated rings. The highest BCUT2D eigenvalue weighted by Gasteiger charge is 2.21. The minimum atomic E-state index is -0.140. The van der Waals surface area contributed by atoms with E-state index in [4.69, 9.17) is 4.98 Å². The highest BCUT2D eigenvalue weighted by molar-refractivity contribution is 7.19. The number of hydrogen-bond donors (Lipinski definition) is 0. The van der Waals surface area contributed by atoms with E-state index in [-0.39, 0.29) is 17.9 Å². The quantitative estimate of drug-likeness (QED) is 0.376. The van der Waals surface area contributed by atoms with E-state index in [1.165, 1.54) is 16.9 Å². The van der Waals surface area contributed by atoms with Gasteiger partial charge in [-0.05, 0) is 50.5 Å². The summed E-state index contributed by atoms with van der Waals surface area (Å²) in [7, 11) is 0. The summed E-state index contributed by atoms with van der Waals surface area (Å²) in [6, 6.07) is 13.9. The molecule has 2 aromatic carbocycles. The van der Waals surface area contributed by atoms with E-state index in [0.717, 1.165) is 32.0 Å².